The molecule has 0 amide bonds. The molecule has 2 aromatic rings. The Morgan fingerprint density at radius 2 is 1.79 bits per heavy atom. The molecule has 0 aliphatic heterocycles. The number of hydrogen-bond donors (Lipinski definition) is 0. The van der Waals surface area contributed by atoms with Gasteiger partial charge in [-0.25, -0.2) is 9.97 Å². The first-order valence-corrected chi connectivity index (χ1v) is 5.49. The Bertz CT molecular complexity index is 515. The van der Waals surface area contributed by atoms with E-state index in [4.69, 9.17) is 34.8 Å². The largest absolute Gasteiger partial charge is 0.224 e. The standard InChI is InChI=1S/C8H2BrCl3N2/c9-4-2-1-3-6(5(4)10)13-8(12)14-7(3)11/h1-2H. The summed E-state index contributed by atoms with van der Waals surface area (Å²) in [4.78, 5) is 7.82. The summed E-state index contributed by atoms with van der Waals surface area (Å²) in [5.74, 6) is 0. The van der Waals surface area contributed by atoms with Crippen LogP contribution >= 0.6 is 50.7 Å². The minimum absolute atomic E-state index is 0.0856. The molecule has 14 heavy (non-hydrogen) atoms. The number of benzene rings is 1. The Morgan fingerprint density at radius 1 is 1.07 bits per heavy atom. The summed E-state index contributed by atoms with van der Waals surface area (Å²) in [5, 5.41) is 1.55. The topological polar surface area (TPSA) is 25.8 Å². The van der Waals surface area contributed by atoms with Crippen LogP contribution < -0.4 is 0 Å². The smallest absolute Gasteiger partial charge is 0.216 e. The molecule has 2 rings (SSSR count). The highest BCUT2D eigenvalue weighted by Gasteiger charge is 2.09. The second-order valence-corrected chi connectivity index (χ2v) is 4.47. The van der Waals surface area contributed by atoms with Crippen LogP contribution in [0.25, 0.3) is 10.9 Å². The highest BCUT2D eigenvalue weighted by atomic mass is 79.9. The zero-order valence-electron chi connectivity index (χ0n) is 6.56. The average Bonchev–Trinajstić information content (AvgIpc) is 2.12. The Labute approximate surface area is 103 Å². The van der Waals surface area contributed by atoms with E-state index in [-0.39, 0.29) is 5.28 Å². The number of hydrogen-bond acceptors (Lipinski definition) is 2. The van der Waals surface area contributed by atoms with E-state index in [0.717, 1.165) is 4.47 Å². The summed E-state index contributed by atoms with van der Waals surface area (Å²) >= 11 is 20.8. The molecule has 1 aromatic carbocycles. The molecular weight excluding hydrogens is 310 g/mol. The molecule has 0 saturated carbocycles. The number of halogens is 4. The van der Waals surface area contributed by atoms with E-state index in [1.807, 2.05) is 0 Å². The lowest BCUT2D eigenvalue weighted by Crippen LogP contribution is -1.87. The van der Waals surface area contributed by atoms with Gasteiger partial charge in [0.25, 0.3) is 0 Å². The van der Waals surface area contributed by atoms with Crippen LogP contribution in [-0.2, 0) is 0 Å². The molecule has 6 heteroatoms. The number of aromatic nitrogens is 2. The molecule has 0 unspecified atom stereocenters. The van der Waals surface area contributed by atoms with E-state index in [1.165, 1.54) is 0 Å². The lowest BCUT2D eigenvalue weighted by atomic mass is 10.2. The Balaban J connectivity index is 2.95. The van der Waals surface area contributed by atoms with Crippen molar-refractivity contribution in [3.63, 3.8) is 0 Å². The molecule has 0 N–H and O–H groups in total. The molecule has 2 nitrogen and oxygen atoms in total. The minimum Gasteiger partial charge on any atom is -0.216 e. The van der Waals surface area contributed by atoms with Crippen LogP contribution in [0.4, 0.5) is 0 Å². The van der Waals surface area contributed by atoms with Crippen molar-refractivity contribution in [2.75, 3.05) is 0 Å². The first-order chi connectivity index (χ1) is 6.59. The van der Waals surface area contributed by atoms with Crippen LogP contribution in [0.3, 0.4) is 0 Å². The van der Waals surface area contributed by atoms with Crippen LogP contribution in [0.1, 0.15) is 0 Å². The molecule has 0 saturated heterocycles. The highest BCUT2D eigenvalue weighted by molar-refractivity contribution is 9.10. The molecular formula is C8H2BrCl3N2. The lowest BCUT2D eigenvalue weighted by Gasteiger charge is -2.03. The van der Waals surface area contributed by atoms with Gasteiger partial charge in [-0.1, -0.05) is 23.2 Å². The van der Waals surface area contributed by atoms with Gasteiger partial charge in [-0.05, 0) is 39.7 Å². The summed E-state index contributed by atoms with van der Waals surface area (Å²) < 4.78 is 0.748. The van der Waals surface area contributed by atoms with Crippen molar-refractivity contribution in [3.8, 4) is 0 Å². The average molecular weight is 312 g/mol. The van der Waals surface area contributed by atoms with E-state index >= 15 is 0 Å². The van der Waals surface area contributed by atoms with E-state index in [9.17, 15) is 0 Å². The van der Waals surface area contributed by atoms with E-state index in [0.29, 0.717) is 21.1 Å². The molecule has 0 atom stereocenters. The summed E-state index contributed by atoms with van der Waals surface area (Å²) in [6.07, 6.45) is 0. The van der Waals surface area contributed by atoms with Crippen LogP contribution in [0.15, 0.2) is 16.6 Å². The monoisotopic (exact) mass is 310 g/mol. The second kappa shape index (κ2) is 3.81. The molecule has 1 heterocycles. The third kappa shape index (κ3) is 1.70. The fourth-order valence-electron chi connectivity index (χ4n) is 1.07. The quantitative estimate of drug-likeness (QED) is 0.534. The summed E-state index contributed by atoms with van der Waals surface area (Å²) in [7, 11) is 0. The van der Waals surface area contributed by atoms with E-state index in [1.54, 1.807) is 12.1 Å². The fourth-order valence-corrected chi connectivity index (χ4v) is 2.05. The molecule has 0 aliphatic carbocycles. The Kier molecular flexibility index (Phi) is 2.84. The molecule has 72 valence electrons. The maximum atomic E-state index is 6.02. The minimum atomic E-state index is 0.0856. The van der Waals surface area contributed by atoms with Crippen molar-refractivity contribution in [2.45, 2.75) is 0 Å². The van der Waals surface area contributed by atoms with Gasteiger partial charge in [0.05, 0.1) is 10.5 Å². The molecule has 0 bridgehead atoms. The maximum Gasteiger partial charge on any atom is 0.224 e. The molecule has 0 fully saturated rings. The first-order valence-electron chi connectivity index (χ1n) is 3.56. The van der Waals surface area contributed by atoms with Crippen LogP contribution in [0.2, 0.25) is 15.5 Å². The van der Waals surface area contributed by atoms with E-state index < -0.39 is 0 Å². The normalized spacial score (nSPS) is 10.9. The maximum absolute atomic E-state index is 6.02. The van der Waals surface area contributed by atoms with Gasteiger partial charge >= 0.3 is 0 Å². The third-order valence-corrected chi connectivity index (χ3v) is 3.41. The van der Waals surface area contributed by atoms with Crippen LogP contribution in [-0.4, -0.2) is 9.97 Å². The van der Waals surface area contributed by atoms with Gasteiger partial charge < -0.3 is 0 Å². The van der Waals surface area contributed by atoms with Crippen molar-refractivity contribution in [1.29, 1.82) is 0 Å². The van der Waals surface area contributed by atoms with Gasteiger partial charge in [-0.2, -0.15) is 0 Å². The lowest BCUT2D eigenvalue weighted by molar-refractivity contribution is 1.22. The van der Waals surface area contributed by atoms with Crippen LogP contribution in [0.5, 0.6) is 0 Å². The number of rotatable bonds is 0. The predicted octanol–water partition coefficient (Wildman–Crippen LogP) is 4.35. The Morgan fingerprint density at radius 3 is 2.50 bits per heavy atom. The van der Waals surface area contributed by atoms with Crippen molar-refractivity contribution < 1.29 is 0 Å². The van der Waals surface area contributed by atoms with Crippen molar-refractivity contribution >= 4 is 61.6 Å². The van der Waals surface area contributed by atoms with E-state index in [2.05, 4.69) is 25.9 Å². The zero-order valence-corrected chi connectivity index (χ0v) is 10.4. The molecule has 0 radical (unpaired) electrons. The van der Waals surface area contributed by atoms with Gasteiger partial charge in [-0.3, -0.25) is 0 Å². The summed E-state index contributed by atoms with van der Waals surface area (Å²) in [6, 6.07) is 3.57. The van der Waals surface area contributed by atoms with Crippen molar-refractivity contribution in [3.05, 3.63) is 32.1 Å². The van der Waals surface area contributed by atoms with Crippen LogP contribution in [0, 0.1) is 0 Å². The molecule has 0 spiro atoms. The Hall–Kier alpha value is -0.0900. The molecule has 1 aromatic heterocycles. The first kappa shape index (κ1) is 10.4. The second-order valence-electron chi connectivity index (χ2n) is 2.54. The molecule has 0 aliphatic rings. The summed E-state index contributed by atoms with van der Waals surface area (Å²) in [6.45, 7) is 0. The number of fused-ring (bicyclic) bond motifs is 1. The van der Waals surface area contributed by atoms with Gasteiger partial charge in [0, 0.05) is 9.86 Å². The summed E-state index contributed by atoms with van der Waals surface area (Å²) in [5.41, 5.74) is 0.547. The predicted molar refractivity (Wildman–Crippen MR) is 62.3 cm³/mol. The number of nitrogens with zero attached hydrogens (tertiary/aromatic N) is 2. The van der Waals surface area contributed by atoms with Gasteiger partial charge in [0.2, 0.25) is 5.28 Å². The van der Waals surface area contributed by atoms with Gasteiger partial charge in [0.1, 0.15) is 5.15 Å². The SMILES string of the molecule is Clc1nc(Cl)c2ccc(Br)c(Cl)c2n1. The van der Waals surface area contributed by atoms with Crippen molar-refractivity contribution in [1.82, 2.24) is 9.97 Å². The highest BCUT2D eigenvalue weighted by Crippen LogP contribution is 2.32. The van der Waals surface area contributed by atoms with Gasteiger partial charge in [0.15, 0.2) is 0 Å². The van der Waals surface area contributed by atoms with Crippen molar-refractivity contribution in [2.24, 2.45) is 0 Å². The van der Waals surface area contributed by atoms with Gasteiger partial charge in [-0.15, -0.1) is 0 Å². The fraction of sp³-hybridized carbons (Fsp3) is 0. The third-order valence-electron chi connectivity index (χ3n) is 1.69. The zero-order chi connectivity index (χ0) is 10.3.